The molecule has 0 amide bonds. The SMILES string of the molecule is CC(C)NCc1cc(N2CC(C)OC(C)C2)ccn1. The minimum atomic E-state index is 0.286. The Morgan fingerprint density at radius 1 is 1.37 bits per heavy atom. The molecule has 1 aliphatic heterocycles. The maximum atomic E-state index is 5.78. The molecule has 1 saturated heterocycles. The van der Waals surface area contributed by atoms with Crippen molar-refractivity contribution in [2.45, 2.75) is 52.5 Å². The van der Waals surface area contributed by atoms with E-state index in [4.69, 9.17) is 4.74 Å². The second-order valence-corrected chi connectivity index (χ2v) is 5.70. The van der Waals surface area contributed by atoms with E-state index in [9.17, 15) is 0 Å². The maximum absolute atomic E-state index is 5.78. The van der Waals surface area contributed by atoms with Crippen molar-refractivity contribution in [3.05, 3.63) is 24.0 Å². The lowest BCUT2D eigenvalue weighted by Gasteiger charge is -2.36. The molecule has 1 N–H and O–H groups in total. The molecule has 1 aromatic rings. The Morgan fingerprint density at radius 3 is 2.68 bits per heavy atom. The number of nitrogens with one attached hydrogen (secondary N) is 1. The van der Waals surface area contributed by atoms with Gasteiger partial charge in [-0.1, -0.05) is 13.8 Å². The number of rotatable bonds is 4. The third-order valence-electron chi connectivity index (χ3n) is 3.28. The van der Waals surface area contributed by atoms with Gasteiger partial charge in [0.25, 0.3) is 0 Å². The summed E-state index contributed by atoms with van der Waals surface area (Å²) in [5.74, 6) is 0. The molecule has 2 rings (SSSR count). The van der Waals surface area contributed by atoms with Crippen molar-refractivity contribution >= 4 is 5.69 Å². The zero-order chi connectivity index (χ0) is 13.8. The summed E-state index contributed by atoms with van der Waals surface area (Å²) in [5, 5.41) is 3.40. The van der Waals surface area contributed by atoms with Crippen LogP contribution in [0.25, 0.3) is 0 Å². The first-order chi connectivity index (χ1) is 9.04. The van der Waals surface area contributed by atoms with Gasteiger partial charge in [0, 0.05) is 37.6 Å². The molecule has 4 heteroatoms. The van der Waals surface area contributed by atoms with Crippen LogP contribution >= 0.6 is 0 Å². The van der Waals surface area contributed by atoms with Gasteiger partial charge in [0.15, 0.2) is 0 Å². The van der Waals surface area contributed by atoms with Crippen LogP contribution in [-0.4, -0.2) is 36.3 Å². The van der Waals surface area contributed by atoms with Gasteiger partial charge in [-0.15, -0.1) is 0 Å². The van der Waals surface area contributed by atoms with E-state index in [1.165, 1.54) is 5.69 Å². The van der Waals surface area contributed by atoms with Gasteiger partial charge in [-0.25, -0.2) is 0 Å². The van der Waals surface area contributed by atoms with Crippen molar-refractivity contribution in [2.24, 2.45) is 0 Å². The lowest BCUT2D eigenvalue weighted by molar-refractivity contribution is -0.00522. The van der Waals surface area contributed by atoms with Crippen LogP contribution in [0.5, 0.6) is 0 Å². The number of hydrogen-bond acceptors (Lipinski definition) is 4. The van der Waals surface area contributed by atoms with E-state index in [1.807, 2.05) is 6.20 Å². The fourth-order valence-corrected chi connectivity index (χ4v) is 2.46. The minimum Gasteiger partial charge on any atom is -0.372 e. The second-order valence-electron chi connectivity index (χ2n) is 5.70. The highest BCUT2D eigenvalue weighted by atomic mass is 16.5. The van der Waals surface area contributed by atoms with Crippen LogP contribution < -0.4 is 10.2 Å². The number of anilines is 1. The molecular formula is C15H25N3O. The van der Waals surface area contributed by atoms with Crippen LogP contribution in [0.1, 0.15) is 33.4 Å². The molecule has 2 heterocycles. The summed E-state index contributed by atoms with van der Waals surface area (Å²) in [7, 11) is 0. The third kappa shape index (κ3) is 4.18. The zero-order valence-electron chi connectivity index (χ0n) is 12.4. The fraction of sp³-hybridized carbons (Fsp3) is 0.667. The molecule has 0 radical (unpaired) electrons. The molecule has 1 aromatic heterocycles. The lowest BCUT2D eigenvalue weighted by Crippen LogP contribution is -2.45. The Morgan fingerprint density at radius 2 is 2.05 bits per heavy atom. The van der Waals surface area contributed by atoms with E-state index >= 15 is 0 Å². The van der Waals surface area contributed by atoms with E-state index in [0.29, 0.717) is 6.04 Å². The van der Waals surface area contributed by atoms with Crippen LogP contribution in [0.3, 0.4) is 0 Å². The molecule has 19 heavy (non-hydrogen) atoms. The van der Waals surface area contributed by atoms with Gasteiger partial charge in [0.1, 0.15) is 0 Å². The second kappa shape index (κ2) is 6.35. The monoisotopic (exact) mass is 263 g/mol. The number of pyridine rings is 1. The highest BCUT2D eigenvalue weighted by molar-refractivity contribution is 5.47. The van der Waals surface area contributed by atoms with Gasteiger partial charge in [0.2, 0.25) is 0 Å². The number of morpholine rings is 1. The normalized spacial score (nSPS) is 23.9. The number of hydrogen-bond donors (Lipinski definition) is 1. The standard InChI is InChI=1S/C15H25N3O/c1-11(2)17-8-14-7-15(5-6-16-14)18-9-12(3)19-13(4)10-18/h5-7,11-13,17H,8-10H2,1-4H3. The molecule has 0 spiro atoms. The first kappa shape index (κ1) is 14.3. The van der Waals surface area contributed by atoms with Crippen molar-refractivity contribution in [3.63, 3.8) is 0 Å². The zero-order valence-corrected chi connectivity index (χ0v) is 12.4. The first-order valence-electron chi connectivity index (χ1n) is 7.13. The molecule has 1 fully saturated rings. The quantitative estimate of drug-likeness (QED) is 0.903. The Hall–Kier alpha value is -1.13. The van der Waals surface area contributed by atoms with Gasteiger partial charge in [-0.3, -0.25) is 4.98 Å². The summed E-state index contributed by atoms with van der Waals surface area (Å²) < 4.78 is 5.78. The smallest absolute Gasteiger partial charge is 0.0726 e. The molecular weight excluding hydrogens is 238 g/mol. The Kier molecular flexibility index (Phi) is 4.77. The number of ether oxygens (including phenoxy) is 1. The topological polar surface area (TPSA) is 37.4 Å². The average molecular weight is 263 g/mol. The molecule has 0 saturated carbocycles. The predicted molar refractivity (Wildman–Crippen MR) is 78.4 cm³/mol. The number of aromatic nitrogens is 1. The summed E-state index contributed by atoms with van der Waals surface area (Å²) in [5.41, 5.74) is 2.34. The molecule has 1 aliphatic rings. The summed E-state index contributed by atoms with van der Waals surface area (Å²) in [6.07, 6.45) is 2.47. The highest BCUT2D eigenvalue weighted by Gasteiger charge is 2.22. The van der Waals surface area contributed by atoms with Gasteiger partial charge >= 0.3 is 0 Å². The van der Waals surface area contributed by atoms with E-state index in [1.54, 1.807) is 0 Å². The Bertz CT molecular complexity index is 398. The van der Waals surface area contributed by atoms with Crippen LogP contribution in [0.4, 0.5) is 5.69 Å². The van der Waals surface area contributed by atoms with Crippen LogP contribution in [0, 0.1) is 0 Å². The average Bonchev–Trinajstić information content (AvgIpc) is 2.35. The molecule has 2 unspecified atom stereocenters. The summed E-state index contributed by atoms with van der Waals surface area (Å²) in [6, 6.07) is 4.75. The lowest BCUT2D eigenvalue weighted by atomic mass is 10.2. The summed E-state index contributed by atoms with van der Waals surface area (Å²) in [6.45, 7) is 11.3. The van der Waals surface area contributed by atoms with Crippen LogP contribution in [0.15, 0.2) is 18.3 Å². The Balaban J connectivity index is 2.05. The van der Waals surface area contributed by atoms with Crippen molar-refractivity contribution in [1.82, 2.24) is 10.3 Å². The van der Waals surface area contributed by atoms with Crippen LogP contribution in [0.2, 0.25) is 0 Å². The molecule has 0 bridgehead atoms. The van der Waals surface area contributed by atoms with Gasteiger partial charge < -0.3 is 15.0 Å². The van der Waals surface area contributed by atoms with E-state index < -0.39 is 0 Å². The molecule has 0 aromatic carbocycles. The molecule has 4 nitrogen and oxygen atoms in total. The van der Waals surface area contributed by atoms with E-state index in [-0.39, 0.29) is 12.2 Å². The summed E-state index contributed by atoms with van der Waals surface area (Å²) in [4.78, 5) is 6.81. The predicted octanol–water partition coefficient (Wildman–Crippen LogP) is 2.19. The fourth-order valence-electron chi connectivity index (χ4n) is 2.46. The summed E-state index contributed by atoms with van der Waals surface area (Å²) >= 11 is 0. The molecule has 0 aliphatic carbocycles. The van der Waals surface area contributed by atoms with E-state index in [0.717, 1.165) is 25.3 Å². The van der Waals surface area contributed by atoms with Crippen molar-refractivity contribution in [1.29, 1.82) is 0 Å². The maximum Gasteiger partial charge on any atom is 0.0726 e. The highest BCUT2D eigenvalue weighted by Crippen LogP contribution is 2.20. The van der Waals surface area contributed by atoms with E-state index in [2.05, 4.69) is 55.0 Å². The van der Waals surface area contributed by atoms with Crippen molar-refractivity contribution < 1.29 is 4.74 Å². The Labute approximate surface area is 116 Å². The minimum absolute atomic E-state index is 0.286. The number of nitrogens with zero attached hydrogens (tertiary/aromatic N) is 2. The van der Waals surface area contributed by atoms with Gasteiger partial charge in [-0.05, 0) is 26.0 Å². The van der Waals surface area contributed by atoms with Crippen LogP contribution in [-0.2, 0) is 11.3 Å². The van der Waals surface area contributed by atoms with Crippen molar-refractivity contribution in [2.75, 3.05) is 18.0 Å². The molecule has 106 valence electrons. The van der Waals surface area contributed by atoms with Gasteiger partial charge in [-0.2, -0.15) is 0 Å². The molecule has 2 atom stereocenters. The van der Waals surface area contributed by atoms with Gasteiger partial charge in [0.05, 0.1) is 17.9 Å². The first-order valence-corrected chi connectivity index (χ1v) is 7.13. The third-order valence-corrected chi connectivity index (χ3v) is 3.28. The van der Waals surface area contributed by atoms with Crippen molar-refractivity contribution in [3.8, 4) is 0 Å². The largest absolute Gasteiger partial charge is 0.372 e.